The van der Waals surface area contributed by atoms with E-state index in [2.05, 4.69) is 34.8 Å². The van der Waals surface area contributed by atoms with Crippen molar-refractivity contribution in [3.8, 4) is 11.5 Å². The van der Waals surface area contributed by atoms with Gasteiger partial charge in [-0.15, -0.1) is 0 Å². The fourth-order valence-electron chi connectivity index (χ4n) is 2.28. The number of hydrogen-bond acceptors (Lipinski definition) is 3. The number of nitrogen functional groups attached to an aromatic ring is 1. The number of aromatic nitrogens is 2. The first-order valence-electron chi connectivity index (χ1n) is 5.44. The molecule has 4 nitrogen and oxygen atoms in total. The molecule has 0 saturated heterocycles. The summed E-state index contributed by atoms with van der Waals surface area (Å²) in [6.45, 7) is 2.09. The first kappa shape index (κ1) is 9.96. The zero-order chi connectivity index (χ0) is 12.0. The molecule has 0 bridgehead atoms. The predicted molar refractivity (Wildman–Crippen MR) is 67.6 cm³/mol. The van der Waals surface area contributed by atoms with Crippen LogP contribution in [-0.2, 0) is 7.05 Å². The highest BCUT2D eigenvalue weighted by molar-refractivity contribution is 5.89. The van der Waals surface area contributed by atoms with Crippen LogP contribution in [0.15, 0.2) is 35.0 Å². The van der Waals surface area contributed by atoms with Gasteiger partial charge >= 0.3 is 0 Å². The zero-order valence-electron chi connectivity index (χ0n) is 9.77. The lowest BCUT2D eigenvalue weighted by atomic mass is 10.2. The second-order valence-corrected chi connectivity index (χ2v) is 4.21. The van der Waals surface area contributed by atoms with E-state index in [0.717, 1.165) is 5.69 Å². The molecule has 3 aromatic rings. The van der Waals surface area contributed by atoms with E-state index in [1.807, 2.05) is 13.1 Å². The van der Waals surface area contributed by atoms with Crippen LogP contribution >= 0.6 is 0 Å². The molecule has 0 aliphatic rings. The van der Waals surface area contributed by atoms with Crippen molar-refractivity contribution in [2.24, 2.45) is 7.05 Å². The average molecular weight is 227 g/mol. The third-order valence-electron chi connectivity index (χ3n) is 3.09. The van der Waals surface area contributed by atoms with E-state index in [1.54, 1.807) is 0 Å². The van der Waals surface area contributed by atoms with Gasteiger partial charge in [-0.1, -0.05) is 23.4 Å². The van der Waals surface area contributed by atoms with Crippen molar-refractivity contribution in [2.45, 2.75) is 6.92 Å². The number of nitrogens with two attached hydrogens (primary N) is 1. The highest BCUT2D eigenvalue weighted by Gasteiger charge is 2.15. The summed E-state index contributed by atoms with van der Waals surface area (Å²) in [5.74, 6) is 0.628. The molecule has 0 amide bonds. The molecule has 0 aliphatic carbocycles. The van der Waals surface area contributed by atoms with Crippen molar-refractivity contribution >= 4 is 16.6 Å². The lowest BCUT2D eigenvalue weighted by Crippen LogP contribution is -1.94. The van der Waals surface area contributed by atoms with Gasteiger partial charge in [-0.2, -0.15) is 0 Å². The minimum atomic E-state index is 0.563. The number of para-hydroxylation sites is 1. The van der Waals surface area contributed by atoms with Gasteiger partial charge in [0.25, 0.3) is 0 Å². The first-order chi connectivity index (χ1) is 8.18. The lowest BCUT2D eigenvalue weighted by Gasteiger charge is -2.03. The zero-order valence-corrected chi connectivity index (χ0v) is 9.77. The largest absolute Gasteiger partial charge is 0.394 e. The minimum absolute atomic E-state index is 0.563. The average Bonchev–Trinajstić information content (AvgIpc) is 2.84. The van der Waals surface area contributed by atoms with Gasteiger partial charge in [0.1, 0.15) is 5.69 Å². The summed E-state index contributed by atoms with van der Waals surface area (Å²) in [7, 11) is 2.01. The standard InChI is InChI=1S/C13H13N3O/c1-8-4-3-5-9-6-11(16(2)12(8)9)13-10(14)7-15-17-13/h3-7H,14H2,1-2H3. The minimum Gasteiger partial charge on any atom is -0.394 e. The molecular weight excluding hydrogens is 214 g/mol. The molecule has 0 atom stereocenters. The number of hydrogen-bond donors (Lipinski definition) is 1. The van der Waals surface area contributed by atoms with Gasteiger partial charge in [0.2, 0.25) is 5.76 Å². The van der Waals surface area contributed by atoms with Crippen molar-refractivity contribution in [3.05, 3.63) is 36.0 Å². The third kappa shape index (κ3) is 1.34. The molecule has 2 aromatic heterocycles. The third-order valence-corrected chi connectivity index (χ3v) is 3.09. The highest BCUT2D eigenvalue weighted by atomic mass is 16.5. The Kier molecular flexibility index (Phi) is 1.98. The lowest BCUT2D eigenvalue weighted by molar-refractivity contribution is 0.430. The molecule has 2 N–H and O–H groups in total. The van der Waals surface area contributed by atoms with Gasteiger partial charge in [-0.25, -0.2) is 0 Å². The molecule has 17 heavy (non-hydrogen) atoms. The monoisotopic (exact) mass is 227 g/mol. The normalized spacial score (nSPS) is 11.2. The van der Waals surface area contributed by atoms with Gasteiger partial charge in [-0.05, 0) is 18.6 Å². The van der Waals surface area contributed by atoms with Crippen LogP contribution in [0.25, 0.3) is 22.4 Å². The van der Waals surface area contributed by atoms with E-state index in [4.69, 9.17) is 10.3 Å². The molecule has 0 spiro atoms. The number of nitrogens with zero attached hydrogens (tertiary/aromatic N) is 2. The van der Waals surface area contributed by atoms with Gasteiger partial charge in [0.05, 0.1) is 17.4 Å². The van der Waals surface area contributed by atoms with Crippen molar-refractivity contribution in [1.29, 1.82) is 0 Å². The molecule has 86 valence electrons. The first-order valence-corrected chi connectivity index (χ1v) is 5.44. The van der Waals surface area contributed by atoms with Gasteiger partial charge < -0.3 is 14.8 Å². The molecule has 3 rings (SSSR count). The second kappa shape index (κ2) is 3.38. The fourth-order valence-corrected chi connectivity index (χ4v) is 2.28. The summed E-state index contributed by atoms with van der Waals surface area (Å²) in [5.41, 5.74) is 9.77. The van der Waals surface area contributed by atoms with Crippen molar-refractivity contribution < 1.29 is 4.52 Å². The summed E-state index contributed by atoms with van der Waals surface area (Å²) in [5, 5.41) is 4.90. The van der Waals surface area contributed by atoms with E-state index < -0.39 is 0 Å². The Morgan fingerprint density at radius 1 is 1.35 bits per heavy atom. The summed E-state index contributed by atoms with van der Waals surface area (Å²) in [6, 6.07) is 8.29. The van der Waals surface area contributed by atoms with Crippen LogP contribution in [0.4, 0.5) is 5.69 Å². The SMILES string of the molecule is Cc1cccc2cc(-c3oncc3N)n(C)c12. The van der Waals surface area contributed by atoms with Crippen LogP contribution in [0.1, 0.15) is 5.56 Å². The Bertz CT molecular complexity index is 694. The summed E-state index contributed by atoms with van der Waals surface area (Å²) in [4.78, 5) is 0. The highest BCUT2D eigenvalue weighted by Crippen LogP contribution is 2.31. The molecule has 0 fully saturated rings. The molecular formula is C13H13N3O. The number of aryl methyl sites for hydroxylation is 2. The number of anilines is 1. The molecule has 0 saturated carbocycles. The molecule has 1 aromatic carbocycles. The molecule has 2 heterocycles. The van der Waals surface area contributed by atoms with Crippen LogP contribution in [0, 0.1) is 6.92 Å². The van der Waals surface area contributed by atoms with E-state index in [9.17, 15) is 0 Å². The van der Waals surface area contributed by atoms with Crippen LogP contribution in [-0.4, -0.2) is 9.72 Å². The Balaban J connectivity index is 2.36. The van der Waals surface area contributed by atoms with E-state index in [1.165, 1.54) is 22.7 Å². The smallest absolute Gasteiger partial charge is 0.206 e. The van der Waals surface area contributed by atoms with Crippen LogP contribution < -0.4 is 5.73 Å². The Hall–Kier alpha value is -2.23. The maximum absolute atomic E-state index is 5.83. The molecule has 4 heteroatoms. The molecule has 0 radical (unpaired) electrons. The van der Waals surface area contributed by atoms with Gasteiger partial charge in [-0.3, -0.25) is 0 Å². The summed E-state index contributed by atoms with van der Waals surface area (Å²) in [6.07, 6.45) is 1.53. The summed E-state index contributed by atoms with van der Waals surface area (Å²) >= 11 is 0. The quantitative estimate of drug-likeness (QED) is 0.695. The van der Waals surface area contributed by atoms with Crippen LogP contribution in [0.3, 0.4) is 0 Å². The number of benzene rings is 1. The topological polar surface area (TPSA) is 57.0 Å². The van der Waals surface area contributed by atoms with Crippen molar-refractivity contribution in [3.63, 3.8) is 0 Å². The second-order valence-electron chi connectivity index (χ2n) is 4.21. The molecule has 0 unspecified atom stereocenters. The van der Waals surface area contributed by atoms with Gasteiger partial charge in [0.15, 0.2) is 0 Å². The molecule has 0 aliphatic heterocycles. The van der Waals surface area contributed by atoms with Crippen LogP contribution in [0.2, 0.25) is 0 Å². The van der Waals surface area contributed by atoms with E-state index >= 15 is 0 Å². The van der Waals surface area contributed by atoms with Crippen LogP contribution in [0.5, 0.6) is 0 Å². The number of fused-ring (bicyclic) bond motifs is 1. The fraction of sp³-hybridized carbons (Fsp3) is 0.154. The maximum atomic E-state index is 5.83. The Morgan fingerprint density at radius 2 is 2.18 bits per heavy atom. The van der Waals surface area contributed by atoms with Crippen molar-refractivity contribution in [1.82, 2.24) is 9.72 Å². The summed E-state index contributed by atoms with van der Waals surface area (Å²) < 4.78 is 7.29. The Morgan fingerprint density at radius 3 is 2.82 bits per heavy atom. The van der Waals surface area contributed by atoms with E-state index in [-0.39, 0.29) is 0 Å². The predicted octanol–water partition coefficient (Wildman–Crippen LogP) is 2.72. The Labute approximate surface area is 98.6 Å². The van der Waals surface area contributed by atoms with Crippen molar-refractivity contribution in [2.75, 3.05) is 5.73 Å². The maximum Gasteiger partial charge on any atom is 0.206 e. The van der Waals surface area contributed by atoms with E-state index in [0.29, 0.717) is 11.4 Å². The number of rotatable bonds is 1. The van der Waals surface area contributed by atoms with Gasteiger partial charge in [0, 0.05) is 12.4 Å².